The Morgan fingerprint density at radius 1 is 1.00 bits per heavy atom. The summed E-state index contributed by atoms with van der Waals surface area (Å²) in [6, 6.07) is 14.9. The summed E-state index contributed by atoms with van der Waals surface area (Å²) in [5.74, 6) is -0.579. The number of aromatic amines is 1. The van der Waals surface area contributed by atoms with Gasteiger partial charge < -0.3 is 26.7 Å². The zero-order valence-electron chi connectivity index (χ0n) is 16.3. The SMILES string of the molecule is Cl.N=C(N)c1cccc(NCC(=O)NCC(=O)NCCc2c[nH]c3ccccc23)c1. The molecule has 1 heterocycles. The van der Waals surface area contributed by atoms with Crippen molar-refractivity contribution < 1.29 is 9.59 Å². The Kier molecular flexibility index (Phi) is 8.25. The minimum absolute atomic E-state index is 0. The van der Waals surface area contributed by atoms with E-state index in [0.29, 0.717) is 24.2 Å². The highest BCUT2D eigenvalue weighted by atomic mass is 35.5. The van der Waals surface area contributed by atoms with Crippen LogP contribution in [0.5, 0.6) is 0 Å². The normalized spacial score (nSPS) is 10.1. The van der Waals surface area contributed by atoms with Gasteiger partial charge in [0, 0.05) is 34.9 Å². The van der Waals surface area contributed by atoms with Gasteiger partial charge in [0.2, 0.25) is 11.8 Å². The molecule has 0 aliphatic heterocycles. The Morgan fingerprint density at radius 3 is 2.57 bits per heavy atom. The number of nitrogens with one attached hydrogen (secondary N) is 5. The lowest BCUT2D eigenvalue weighted by Gasteiger charge is -2.09. The molecule has 158 valence electrons. The molecule has 0 saturated heterocycles. The molecule has 0 aliphatic carbocycles. The highest BCUT2D eigenvalue weighted by molar-refractivity contribution is 5.96. The van der Waals surface area contributed by atoms with Gasteiger partial charge in [-0.1, -0.05) is 30.3 Å². The molecule has 2 amide bonds. The second-order valence-corrected chi connectivity index (χ2v) is 6.58. The molecule has 0 bridgehead atoms. The summed E-state index contributed by atoms with van der Waals surface area (Å²) in [5, 5.41) is 16.9. The molecule has 2 aromatic carbocycles. The summed E-state index contributed by atoms with van der Waals surface area (Å²) < 4.78 is 0. The van der Waals surface area contributed by atoms with E-state index in [-0.39, 0.29) is 43.1 Å². The van der Waals surface area contributed by atoms with E-state index >= 15 is 0 Å². The quantitative estimate of drug-likeness (QED) is 0.228. The standard InChI is InChI=1S/C21H24N6O2.ClH/c22-21(23)14-4-3-5-16(10-14)25-12-20(29)27-13-19(28)24-9-8-15-11-26-18-7-2-1-6-17(15)18;/h1-7,10-11,25-26H,8-9,12-13H2,(H3,22,23)(H,24,28)(H,27,29);1H. The summed E-state index contributed by atoms with van der Waals surface area (Å²) in [5.41, 5.74) is 8.91. The number of anilines is 1. The Labute approximate surface area is 180 Å². The molecular weight excluding hydrogens is 404 g/mol. The van der Waals surface area contributed by atoms with Crippen molar-refractivity contribution in [2.45, 2.75) is 6.42 Å². The van der Waals surface area contributed by atoms with Gasteiger partial charge in [-0.25, -0.2) is 0 Å². The second-order valence-electron chi connectivity index (χ2n) is 6.58. The summed E-state index contributed by atoms with van der Waals surface area (Å²) in [4.78, 5) is 27.1. The predicted octanol–water partition coefficient (Wildman–Crippen LogP) is 1.76. The van der Waals surface area contributed by atoms with Crippen LogP contribution in [0.25, 0.3) is 10.9 Å². The van der Waals surface area contributed by atoms with E-state index in [9.17, 15) is 9.59 Å². The zero-order valence-corrected chi connectivity index (χ0v) is 17.1. The molecule has 8 nitrogen and oxygen atoms in total. The van der Waals surface area contributed by atoms with Crippen LogP contribution in [0, 0.1) is 5.41 Å². The van der Waals surface area contributed by atoms with Crippen molar-refractivity contribution in [3.63, 3.8) is 0 Å². The van der Waals surface area contributed by atoms with Crippen LogP contribution in [0.3, 0.4) is 0 Å². The average Bonchev–Trinajstić information content (AvgIpc) is 3.14. The van der Waals surface area contributed by atoms with Crippen LogP contribution in [0.1, 0.15) is 11.1 Å². The van der Waals surface area contributed by atoms with Gasteiger partial charge in [-0.2, -0.15) is 0 Å². The van der Waals surface area contributed by atoms with Crippen molar-refractivity contribution in [2.24, 2.45) is 5.73 Å². The molecule has 0 saturated carbocycles. The summed E-state index contributed by atoms with van der Waals surface area (Å²) in [7, 11) is 0. The van der Waals surface area contributed by atoms with Crippen molar-refractivity contribution in [2.75, 3.05) is 25.0 Å². The average molecular weight is 429 g/mol. The van der Waals surface area contributed by atoms with E-state index in [0.717, 1.165) is 16.5 Å². The van der Waals surface area contributed by atoms with Crippen molar-refractivity contribution >= 4 is 46.6 Å². The lowest BCUT2D eigenvalue weighted by molar-refractivity contribution is -0.125. The number of aromatic nitrogens is 1. The summed E-state index contributed by atoms with van der Waals surface area (Å²) in [6.07, 6.45) is 2.66. The number of carbonyl (C=O) groups is 2. The first-order chi connectivity index (χ1) is 14.0. The van der Waals surface area contributed by atoms with Gasteiger partial charge in [0.1, 0.15) is 5.84 Å². The van der Waals surface area contributed by atoms with Crippen LogP contribution in [0.4, 0.5) is 5.69 Å². The maximum atomic E-state index is 11.9. The number of para-hydroxylation sites is 1. The van der Waals surface area contributed by atoms with Crippen LogP contribution in [0.2, 0.25) is 0 Å². The van der Waals surface area contributed by atoms with Crippen LogP contribution in [0.15, 0.2) is 54.7 Å². The highest BCUT2D eigenvalue weighted by Gasteiger charge is 2.07. The first kappa shape index (κ1) is 22.8. The molecule has 0 spiro atoms. The lowest BCUT2D eigenvalue weighted by atomic mass is 10.1. The largest absolute Gasteiger partial charge is 0.384 e. The second kappa shape index (κ2) is 10.9. The third-order valence-electron chi connectivity index (χ3n) is 4.46. The Morgan fingerprint density at radius 2 is 1.77 bits per heavy atom. The van der Waals surface area contributed by atoms with Crippen molar-refractivity contribution in [3.8, 4) is 0 Å². The van der Waals surface area contributed by atoms with Gasteiger partial charge >= 0.3 is 0 Å². The van der Waals surface area contributed by atoms with E-state index in [1.165, 1.54) is 0 Å². The monoisotopic (exact) mass is 428 g/mol. The Balaban J connectivity index is 0.00000320. The number of benzene rings is 2. The maximum Gasteiger partial charge on any atom is 0.239 e. The zero-order chi connectivity index (χ0) is 20.6. The smallest absolute Gasteiger partial charge is 0.239 e. The summed E-state index contributed by atoms with van der Waals surface area (Å²) >= 11 is 0. The number of nitrogens with two attached hydrogens (primary N) is 1. The topological polar surface area (TPSA) is 136 Å². The third kappa shape index (κ3) is 6.25. The number of rotatable bonds is 9. The van der Waals surface area contributed by atoms with Gasteiger partial charge in [-0.3, -0.25) is 15.0 Å². The number of amidine groups is 1. The number of hydrogen-bond donors (Lipinski definition) is 6. The van der Waals surface area contributed by atoms with Gasteiger partial charge in [0.15, 0.2) is 0 Å². The number of H-pyrrole nitrogens is 1. The molecule has 1 aromatic heterocycles. The fourth-order valence-corrected chi connectivity index (χ4v) is 2.96. The molecule has 0 radical (unpaired) electrons. The minimum Gasteiger partial charge on any atom is -0.384 e. The van der Waals surface area contributed by atoms with Crippen LogP contribution in [-0.2, 0) is 16.0 Å². The number of halogens is 1. The number of hydrogen-bond acceptors (Lipinski definition) is 4. The molecule has 0 atom stereocenters. The molecule has 3 aromatic rings. The van der Waals surface area contributed by atoms with E-state index in [4.69, 9.17) is 11.1 Å². The molecule has 3 rings (SSSR count). The van der Waals surface area contributed by atoms with E-state index in [2.05, 4.69) is 20.9 Å². The maximum absolute atomic E-state index is 11.9. The fraction of sp³-hybridized carbons (Fsp3) is 0.190. The van der Waals surface area contributed by atoms with Crippen LogP contribution < -0.4 is 21.7 Å². The van der Waals surface area contributed by atoms with Crippen LogP contribution >= 0.6 is 12.4 Å². The van der Waals surface area contributed by atoms with Crippen molar-refractivity contribution in [3.05, 3.63) is 65.9 Å². The molecule has 30 heavy (non-hydrogen) atoms. The third-order valence-corrected chi connectivity index (χ3v) is 4.46. The van der Waals surface area contributed by atoms with Gasteiger partial charge in [0.25, 0.3) is 0 Å². The highest BCUT2D eigenvalue weighted by Crippen LogP contribution is 2.17. The Hall–Kier alpha value is -3.52. The van der Waals surface area contributed by atoms with E-state index < -0.39 is 0 Å². The minimum atomic E-state index is -0.301. The first-order valence-corrected chi connectivity index (χ1v) is 9.29. The Bertz CT molecular complexity index is 1030. The summed E-state index contributed by atoms with van der Waals surface area (Å²) in [6.45, 7) is 0.429. The first-order valence-electron chi connectivity index (χ1n) is 9.29. The molecule has 7 N–H and O–H groups in total. The molecule has 0 fully saturated rings. The van der Waals surface area contributed by atoms with Gasteiger partial charge in [-0.15, -0.1) is 12.4 Å². The van der Waals surface area contributed by atoms with E-state index in [1.807, 2.05) is 30.5 Å². The number of fused-ring (bicyclic) bond motifs is 1. The molecule has 0 aliphatic rings. The lowest BCUT2D eigenvalue weighted by Crippen LogP contribution is -2.39. The fourth-order valence-electron chi connectivity index (χ4n) is 2.96. The van der Waals surface area contributed by atoms with Crippen molar-refractivity contribution in [1.82, 2.24) is 15.6 Å². The molecule has 9 heteroatoms. The molecular formula is C21H25ClN6O2. The number of carbonyl (C=O) groups excluding carboxylic acids is 2. The number of amides is 2. The van der Waals surface area contributed by atoms with Gasteiger partial charge in [-0.05, 0) is 30.2 Å². The van der Waals surface area contributed by atoms with Crippen molar-refractivity contribution in [1.29, 1.82) is 5.41 Å². The van der Waals surface area contributed by atoms with E-state index in [1.54, 1.807) is 24.3 Å². The van der Waals surface area contributed by atoms with Gasteiger partial charge in [0.05, 0.1) is 13.1 Å². The number of nitrogen functional groups attached to an aromatic ring is 1. The molecule has 0 unspecified atom stereocenters. The predicted molar refractivity (Wildman–Crippen MR) is 121 cm³/mol. The van der Waals surface area contributed by atoms with Crippen LogP contribution in [-0.4, -0.2) is 42.3 Å².